The number of nitrogens with zero attached hydrogens (tertiary/aromatic N) is 1. The van der Waals surface area contributed by atoms with Crippen molar-refractivity contribution in [3.05, 3.63) is 28.8 Å². The minimum absolute atomic E-state index is 0.0468. The number of aliphatic carboxylic acids is 1. The Kier molecular flexibility index (Phi) is 3.73. The van der Waals surface area contributed by atoms with Crippen LogP contribution in [0.25, 0.3) is 0 Å². The van der Waals surface area contributed by atoms with Crippen molar-refractivity contribution < 1.29 is 24.2 Å². The van der Waals surface area contributed by atoms with Crippen molar-refractivity contribution in [1.29, 1.82) is 0 Å². The summed E-state index contributed by atoms with van der Waals surface area (Å²) in [6.45, 7) is 0.638. The molecule has 1 aromatic carbocycles. The number of amides is 1. The fourth-order valence-electron chi connectivity index (χ4n) is 2.56. The van der Waals surface area contributed by atoms with Crippen LogP contribution in [0.15, 0.2) is 18.2 Å². The summed E-state index contributed by atoms with van der Waals surface area (Å²) in [5, 5.41) is 9.57. The molecule has 21 heavy (non-hydrogen) atoms. The van der Waals surface area contributed by atoms with Crippen molar-refractivity contribution >= 4 is 23.5 Å². The molecule has 0 radical (unpaired) electrons. The number of carboxylic acid groups (broad SMARTS) is 1. The van der Waals surface area contributed by atoms with E-state index in [1.165, 1.54) is 4.90 Å². The maximum atomic E-state index is 12.4. The van der Waals surface area contributed by atoms with Crippen LogP contribution in [0.2, 0.25) is 5.02 Å². The average Bonchev–Trinajstić information content (AvgIpc) is 2.89. The number of hydrogen-bond donors (Lipinski definition) is 1. The van der Waals surface area contributed by atoms with Gasteiger partial charge in [0, 0.05) is 18.0 Å². The van der Waals surface area contributed by atoms with Crippen LogP contribution in [0, 0.1) is 0 Å². The van der Waals surface area contributed by atoms with Gasteiger partial charge in [0.2, 0.25) is 0 Å². The van der Waals surface area contributed by atoms with Crippen molar-refractivity contribution in [2.24, 2.45) is 0 Å². The first-order valence-corrected chi connectivity index (χ1v) is 7.00. The molecule has 7 heteroatoms. The normalized spacial score (nSPS) is 24.3. The number of fused-ring (bicyclic) bond motifs is 1. The van der Waals surface area contributed by atoms with Gasteiger partial charge < -0.3 is 19.5 Å². The van der Waals surface area contributed by atoms with E-state index in [4.69, 9.17) is 26.2 Å². The van der Waals surface area contributed by atoms with Crippen LogP contribution >= 0.6 is 11.6 Å². The standard InChI is InChI=1S/C14H14ClNO5/c15-9-1-2-10-8(5-9)6-11(21-10)13(17)16-3-4-20-12(7-16)14(18)19/h1-2,5,11-12H,3-4,6-7H2,(H,18,19)/t11-,12-/m0/s1. The van der Waals surface area contributed by atoms with Gasteiger partial charge in [0.15, 0.2) is 12.2 Å². The molecule has 2 atom stereocenters. The summed E-state index contributed by atoms with van der Waals surface area (Å²) < 4.78 is 10.7. The van der Waals surface area contributed by atoms with Crippen LogP contribution in [0.1, 0.15) is 5.56 Å². The molecular formula is C14H14ClNO5. The second-order valence-electron chi connectivity index (χ2n) is 5.04. The number of carbonyl (C=O) groups is 2. The maximum absolute atomic E-state index is 12.4. The Hall–Kier alpha value is -1.79. The Balaban J connectivity index is 1.68. The van der Waals surface area contributed by atoms with Gasteiger partial charge in [-0.15, -0.1) is 0 Å². The van der Waals surface area contributed by atoms with Crippen LogP contribution in [0.3, 0.4) is 0 Å². The van der Waals surface area contributed by atoms with E-state index in [9.17, 15) is 9.59 Å². The lowest BCUT2D eigenvalue weighted by Gasteiger charge is -2.32. The zero-order valence-electron chi connectivity index (χ0n) is 11.1. The first-order chi connectivity index (χ1) is 10.0. The van der Waals surface area contributed by atoms with E-state index in [0.717, 1.165) is 5.56 Å². The number of benzene rings is 1. The molecule has 1 saturated heterocycles. The molecular weight excluding hydrogens is 298 g/mol. The van der Waals surface area contributed by atoms with E-state index in [2.05, 4.69) is 0 Å². The highest BCUT2D eigenvalue weighted by atomic mass is 35.5. The van der Waals surface area contributed by atoms with E-state index in [0.29, 0.717) is 23.7 Å². The molecule has 2 heterocycles. The first kappa shape index (κ1) is 14.2. The zero-order valence-corrected chi connectivity index (χ0v) is 11.9. The quantitative estimate of drug-likeness (QED) is 0.880. The van der Waals surface area contributed by atoms with E-state index in [1.807, 2.05) is 0 Å². The molecule has 6 nitrogen and oxygen atoms in total. The first-order valence-electron chi connectivity index (χ1n) is 6.63. The van der Waals surface area contributed by atoms with Crippen LogP contribution in [-0.4, -0.2) is 53.8 Å². The van der Waals surface area contributed by atoms with Gasteiger partial charge in [-0.05, 0) is 23.8 Å². The van der Waals surface area contributed by atoms with Crippen molar-refractivity contribution in [1.82, 2.24) is 4.90 Å². The van der Waals surface area contributed by atoms with Crippen LogP contribution in [0.4, 0.5) is 0 Å². The molecule has 0 bridgehead atoms. The van der Waals surface area contributed by atoms with Crippen molar-refractivity contribution in [2.75, 3.05) is 19.7 Å². The predicted molar refractivity (Wildman–Crippen MR) is 73.5 cm³/mol. The monoisotopic (exact) mass is 311 g/mol. The summed E-state index contributed by atoms with van der Waals surface area (Å²) in [5.74, 6) is -0.618. The Morgan fingerprint density at radius 2 is 2.14 bits per heavy atom. The molecule has 0 aliphatic carbocycles. The number of morpholine rings is 1. The maximum Gasteiger partial charge on any atom is 0.334 e. The lowest BCUT2D eigenvalue weighted by Crippen LogP contribution is -2.52. The van der Waals surface area contributed by atoms with Gasteiger partial charge in [-0.1, -0.05) is 11.6 Å². The number of hydrogen-bond acceptors (Lipinski definition) is 4. The molecule has 1 aromatic rings. The van der Waals surface area contributed by atoms with E-state index >= 15 is 0 Å². The second-order valence-corrected chi connectivity index (χ2v) is 5.48. The molecule has 0 unspecified atom stereocenters. The van der Waals surface area contributed by atoms with E-state index < -0.39 is 18.2 Å². The highest BCUT2D eigenvalue weighted by molar-refractivity contribution is 6.30. The Morgan fingerprint density at radius 3 is 2.90 bits per heavy atom. The van der Waals surface area contributed by atoms with Crippen LogP contribution < -0.4 is 4.74 Å². The fourth-order valence-corrected chi connectivity index (χ4v) is 2.75. The number of carboxylic acids is 1. The predicted octanol–water partition coefficient (Wildman–Crippen LogP) is 0.955. The average molecular weight is 312 g/mol. The number of ether oxygens (including phenoxy) is 2. The third kappa shape index (κ3) is 2.82. The van der Waals surface area contributed by atoms with Gasteiger partial charge >= 0.3 is 5.97 Å². The molecule has 0 saturated carbocycles. The Bertz CT molecular complexity index is 591. The fraction of sp³-hybridized carbons (Fsp3) is 0.429. The number of rotatable bonds is 2. The van der Waals surface area contributed by atoms with Crippen molar-refractivity contribution in [3.63, 3.8) is 0 Å². The molecule has 2 aliphatic rings. The second kappa shape index (κ2) is 5.54. The number of carbonyl (C=O) groups excluding carboxylic acids is 1. The molecule has 112 valence electrons. The minimum atomic E-state index is -1.06. The molecule has 1 N–H and O–H groups in total. The lowest BCUT2D eigenvalue weighted by molar-refractivity contribution is -0.161. The van der Waals surface area contributed by atoms with E-state index in [-0.39, 0.29) is 19.1 Å². The highest BCUT2D eigenvalue weighted by Crippen LogP contribution is 2.31. The summed E-state index contributed by atoms with van der Waals surface area (Å²) in [4.78, 5) is 24.9. The minimum Gasteiger partial charge on any atom is -0.480 e. The Morgan fingerprint density at radius 1 is 1.33 bits per heavy atom. The smallest absolute Gasteiger partial charge is 0.334 e. The third-order valence-corrected chi connectivity index (χ3v) is 3.86. The van der Waals surface area contributed by atoms with Gasteiger partial charge in [-0.2, -0.15) is 0 Å². The molecule has 1 fully saturated rings. The third-order valence-electron chi connectivity index (χ3n) is 3.63. The number of halogens is 1. The summed E-state index contributed by atoms with van der Waals surface area (Å²) >= 11 is 5.92. The molecule has 0 aromatic heterocycles. The Labute approximate surface area is 126 Å². The molecule has 3 rings (SSSR count). The van der Waals surface area contributed by atoms with Crippen LogP contribution in [0.5, 0.6) is 5.75 Å². The molecule has 1 amide bonds. The largest absolute Gasteiger partial charge is 0.480 e. The van der Waals surface area contributed by atoms with Crippen molar-refractivity contribution in [2.45, 2.75) is 18.6 Å². The van der Waals surface area contributed by atoms with Gasteiger partial charge in [0.1, 0.15) is 5.75 Å². The van der Waals surface area contributed by atoms with Gasteiger partial charge in [0.05, 0.1) is 13.2 Å². The summed E-state index contributed by atoms with van der Waals surface area (Å²) in [5.41, 5.74) is 0.892. The highest BCUT2D eigenvalue weighted by Gasteiger charge is 2.36. The van der Waals surface area contributed by atoms with Gasteiger partial charge in [0.25, 0.3) is 5.91 Å². The molecule has 2 aliphatic heterocycles. The van der Waals surface area contributed by atoms with Gasteiger partial charge in [-0.25, -0.2) is 4.79 Å². The van der Waals surface area contributed by atoms with Crippen molar-refractivity contribution in [3.8, 4) is 5.75 Å². The van der Waals surface area contributed by atoms with Gasteiger partial charge in [-0.3, -0.25) is 4.79 Å². The van der Waals surface area contributed by atoms with Crippen LogP contribution in [-0.2, 0) is 20.7 Å². The lowest BCUT2D eigenvalue weighted by atomic mass is 10.1. The zero-order chi connectivity index (χ0) is 15.0. The molecule has 0 spiro atoms. The van der Waals surface area contributed by atoms with E-state index in [1.54, 1.807) is 18.2 Å². The SMILES string of the molecule is O=C(O)[C@@H]1CN(C(=O)[C@@H]2Cc3cc(Cl)ccc3O2)CCO1. The summed E-state index contributed by atoms with van der Waals surface area (Å²) in [6.07, 6.45) is -1.14. The summed E-state index contributed by atoms with van der Waals surface area (Å²) in [6, 6.07) is 5.23. The summed E-state index contributed by atoms with van der Waals surface area (Å²) in [7, 11) is 0. The topological polar surface area (TPSA) is 76.1 Å².